The third-order valence-electron chi connectivity index (χ3n) is 2.85. The predicted molar refractivity (Wildman–Crippen MR) is 69.4 cm³/mol. The Kier molecular flexibility index (Phi) is 3.79. The Labute approximate surface area is 106 Å². The van der Waals surface area contributed by atoms with Gasteiger partial charge in [-0.3, -0.25) is 0 Å². The highest BCUT2D eigenvalue weighted by Crippen LogP contribution is 2.27. The van der Waals surface area contributed by atoms with E-state index in [1.54, 1.807) is 31.5 Å². The Morgan fingerprint density at radius 3 is 2.61 bits per heavy atom. The molecule has 2 aromatic heterocycles. The first kappa shape index (κ1) is 12.4. The van der Waals surface area contributed by atoms with Crippen LogP contribution < -0.4 is 4.74 Å². The van der Waals surface area contributed by atoms with E-state index in [4.69, 9.17) is 4.74 Å². The monoisotopic (exact) mass is 244 g/mol. The lowest BCUT2D eigenvalue weighted by Gasteiger charge is -2.21. The summed E-state index contributed by atoms with van der Waals surface area (Å²) in [4.78, 5) is 4.09. The number of methoxy groups -OCH3 is 1. The molecular weight excluding hydrogens is 228 g/mol. The summed E-state index contributed by atoms with van der Waals surface area (Å²) < 4.78 is 6.89. The zero-order valence-electron chi connectivity index (χ0n) is 10.2. The van der Waals surface area contributed by atoms with E-state index >= 15 is 0 Å². The van der Waals surface area contributed by atoms with Crippen LogP contribution in [0.2, 0.25) is 0 Å². The molecule has 2 rings (SSSR count). The van der Waals surface area contributed by atoms with Gasteiger partial charge in [0.15, 0.2) is 0 Å². The molecule has 18 heavy (non-hydrogen) atoms. The first-order valence-electron chi connectivity index (χ1n) is 5.69. The van der Waals surface area contributed by atoms with Gasteiger partial charge in [0.2, 0.25) is 5.88 Å². The lowest BCUT2D eigenvalue weighted by molar-refractivity contribution is 0.135. The van der Waals surface area contributed by atoms with Crippen LogP contribution in [0.25, 0.3) is 0 Å². The largest absolute Gasteiger partial charge is 0.481 e. The van der Waals surface area contributed by atoms with Crippen molar-refractivity contribution >= 4 is 0 Å². The van der Waals surface area contributed by atoms with Crippen LogP contribution >= 0.6 is 0 Å². The number of ether oxygens (including phenoxy) is 1. The molecular formula is C14H16N2O2. The third kappa shape index (κ3) is 2.43. The molecule has 0 amide bonds. The Bertz CT molecular complexity index is 491. The molecule has 2 heterocycles. The van der Waals surface area contributed by atoms with Gasteiger partial charge in [-0.15, -0.1) is 6.58 Å². The highest BCUT2D eigenvalue weighted by molar-refractivity contribution is 5.22. The molecule has 0 aliphatic carbocycles. The van der Waals surface area contributed by atoms with E-state index in [9.17, 15) is 5.11 Å². The topological polar surface area (TPSA) is 47.3 Å². The Hall–Kier alpha value is -2.07. The number of rotatable bonds is 5. The number of hydrogen-bond donors (Lipinski definition) is 1. The molecule has 4 heteroatoms. The van der Waals surface area contributed by atoms with E-state index in [0.29, 0.717) is 5.88 Å². The first-order chi connectivity index (χ1) is 8.76. The lowest BCUT2D eigenvalue weighted by atomic mass is 10.0. The van der Waals surface area contributed by atoms with Crippen LogP contribution in [0.15, 0.2) is 55.5 Å². The average molecular weight is 244 g/mol. The summed E-state index contributed by atoms with van der Waals surface area (Å²) in [5, 5.41) is 10.3. The Morgan fingerprint density at radius 1 is 1.39 bits per heavy atom. The molecule has 0 radical (unpaired) electrons. The van der Waals surface area contributed by atoms with Crippen molar-refractivity contribution in [2.24, 2.45) is 0 Å². The normalized spacial score (nSPS) is 13.9. The van der Waals surface area contributed by atoms with Crippen LogP contribution in [0.1, 0.15) is 17.7 Å². The quantitative estimate of drug-likeness (QED) is 0.821. The van der Waals surface area contributed by atoms with Gasteiger partial charge in [0.1, 0.15) is 6.10 Å². The van der Waals surface area contributed by atoms with Crippen molar-refractivity contribution in [3.8, 4) is 5.88 Å². The van der Waals surface area contributed by atoms with Crippen molar-refractivity contribution in [1.29, 1.82) is 0 Å². The molecule has 0 saturated heterocycles. The van der Waals surface area contributed by atoms with Crippen LogP contribution in [0.3, 0.4) is 0 Å². The molecule has 0 spiro atoms. The fourth-order valence-electron chi connectivity index (χ4n) is 1.84. The smallest absolute Gasteiger partial charge is 0.212 e. The molecule has 4 nitrogen and oxygen atoms in total. The summed E-state index contributed by atoms with van der Waals surface area (Å²) >= 11 is 0. The van der Waals surface area contributed by atoms with Crippen LogP contribution in [0.4, 0.5) is 0 Å². The van der Waals surface area contributed by atoms with E-state index in [1.807, 2.05) is 29.1 Å². The summed E-state index contributed by atoms with van der Waals surface area (Å²) in [6, 6.07) is 7.14. The minimum Gasteiger partial charge on any atom is -0.481 e. The Balaban J connectivity index is 2.23. The molecule has 0 saturated carbocycles. The molecule has 0 fully saturated rings. The van der Waals surface area contributed by atoms with Gasteiger partial charge in [-0.05, 0) is 18.2 Å². The van der Waals surface area contributed by atoms with Crippen molar-refractivity contribution in [3.05, 3.63) is 61.1 Å². The van der Waals surface area contributed by atoms with Crippen LogP contribution in [-0.2, 0) is 0 Å². The second kappa shape index (κ2) is 5.51. The van der Waals surface area contributed by atoms with Crippen molar-refractivity contribution in [2.45, 2.75) is 12.1 Å². The zero-order chi connectivity index (χ0) is 13.0. The summed E-state index contributed by atoms with van der Waals surface area (Å²) in [6.45, 7) is 3.77. The van der Waals surface area contributed by atoms with Gasteiger partial charge < -0.3 is 14.4 Å². The highest BCUT2D eigenvalue weighted by atomic mass is 16.5. The number of hydrogen-bond acceptors (Lipinski definition) is 3. The van der Waals surface area contributed by atoms with Crippen molar-refractivity contribution in [1.82, 2.24) is 9.55 Å². The highest BCUT2D eigenvalue weighted by Gasteiger charge is 2.19. The number of aromatic nitrogens is 2. The summed E-state index contributed by atoms with van der Waals surface area (Å²) in [5.41, 5.74) is 0.731. The minimum absolute atomic E-state index is 0.213. The van der Waals surface area contributed by atoms with Gasteiger partial charge in [0.25, 0.3) is 0 Å². The maximum absolute atomic E-state index is 10.3. The van der Waals surface area contributed by atoms with E-state index in [-0.39, 0.29) is 6.04 Å². The van der Waals surface area contributed by atoms with Crippen LogP contribution in [-0.4, -0.2) is 21.8 Å². The van der Waals surface area contributed by atoms with E-state index < -0.39 is 6.10 Å². The van der Waals surface area contributed by atoms with Crippen molar-refractivity contribution < 1.29 is 9.84 Å². The number of aliphatic hydroxyl groups excluding tert-OH is 1. The second-order valence-electron chi connectivity index (χ2n) is 3.94. The molecule has 94 valence electrons. The van der Waals surface area contributed by atoms with Gasteiger partial charge in [0.05, 0.1) is 13.2 Å². The lowest BCUT2D eigenvalue weighted by Crippen LogP contribution is -2.14. The first-order valence-corrected chi connectivity index (χ1v) is 5.69. The summed E-state index contributed by atoms with van der Waals surface area (Å²) in [6.07, 6.45) is 6.44. The van der Waals surface area contributed by atoms with E-state index in [2.05, 4.69) is 11.6 Å². The maximum atomic E-state index is 10.3. The zero-order valence-corrected chi connectivity index (χ0v) is 10.2. The standard InChI is InChI=1S/C14H16N2O2/c1-3-12(16-8-4-5-9-16)14(17)11-6-7-13(18-2)15-10-11/h3-10,12,14,17H,1H2,2H3/t12-,14+/m0/s1. The predicted octanol–water partition coefficient (Wildman–Crippen LogP) is 2.35. The maximum Gasteiger partial charge on any atom is 0.212 e. The molecule has 0 unspecified atom stereocenters. The summed E-state index contributed by atoms with van der Waals surface area (Å²) in [7, 11) is 1.56. The third-order valence-corrected chi connectivity index (χ3v) is 2.85. The number of nitrogens with zero attached hydrogens (tertiary/aromatic N) is 2. The van der Waals surface area contributed by atoms with Gasteiger partial charge in [-0.1, -0.05) is 6.08 Å². The molecule has 1 N–H and O–H groups in total. The molecule has 0 aliphatic rings. The molecule has 0 aromatic carbocycles. The SMILES string of the molecule is C=C[C@@H]([C@H](O)c1ccc(OC)nc1)n1cccc1. The van der Waals surface area contributed by atoms with Crippen LogP contribution in [0.5, 0.6) is 5.88 Å². The second-order valence-corrected chi connectivity index (χ2v) is 3.94. The van der Waals surface area contributed by atoms with Gasteiger partial charge in [-0.25, -0.2) is 4.98 Å². The fourth-order valence-corrected chi connectivity index (χ4v) is 1.84. The Morgan fingerprint density at radius 2 is 2.11 bits per heavy atom. The van der Waals surface area contributed by atoms with Gasteiger partial charge >= 0.3 is 0 Å². The van der Waals surface area contributed by atoms with E-state index in [0.717, 1.165) is 5.56 Å². The molecule has 0 aliphatic heterocycles. The minimum atomic E-state index is -0.687. The average Bonchev–Trinajstić information content (AvgIpc) is 2.93. The fraction of sp³-hybridized carbons (Fsp3) is 0.214. The van der Waals surface area contributed by atoms with Crippen molar-refractivity contribution in [2.75, 3.05) is 7.11 Å². The van der Waals surface area contributed by atoms with Gasteiger partial charge in [-0.2, -0.15) is 0 Å². The van der Waals surface area contributed by atoms with Crippen LogP contribution in [0, 0.1) is 0 Å². The molecule has 2 atom stereocenters. The van der Waals surface area contributed by atoms with Crippen molar-refractivity contribution in [3.63, 3.8) is 0 Å². The van der Waals surface area contributed by atoms with Gasteiger partial charge in [0, 0.05) is 30.2 Å². The number of pyridine rings is 1. The van der Waals surface area contributed by atoms with E-state index in [1.165, 1.54) is 0 Å². The molecule has 2 aromatic rings. The number of aliphatic hydroxyl groups is 1. The summed E-state index contributed by atoms with van der Waals surface area (Å²) in [5.74, 6) is 0.530. The molecule has 0 bridgehead atoms.